The molecule has 2 aliphatic heterocycles. The zero-order valence-corrected chi connectivity index (χ0v) is 15.2. The van der Waals surface area contributed by atoms with Gasteiger partial charge in [-0.1, -0.05) is 6.07 Å². The van der Waals surface area contributed by atoms with Gasteiger partial charge >= 0.3 is 6.36 Å². The number of pyridine rings is 1. The number of aryl methyl sites for hydroxylation is 1. The van der Waals surface area contributed by atoms with Gasteiger partial charge in [0.2, 0.25) is 0 Å². The van der Waals surface area contributed by atoms with Gasteiger partial charge < -0.3 is 14.8 Å². The van der Waals surface area contributed by atoms with Gasteiger partial charge in [-0.25, -0.2) is 4.39 Å². The van der Waals surface area contributed by atoms with Crippen LogP contribution in [0.25, 0.3) is 5.57 Å². The Labute approximate surface area is 163 Å². The van der Waals surface area contributed by atoms with Gasteiger partial charge in [0.1, 0.15) is 0 Å². The van der Waals surface area contributed by atoms with Crippen LogP contribution in [-0.4, -0.2) is 29.5 Å². The first-order valence-corrected chi connectivity index (χ1v) is 8.91. The number of ether oxygens (including phenoxy) is 2. The Kier molecular flexibility index (Phi) is 4.77. The standard InChI is InChI=1S/C20H16F4N2O3/c1-10-7-8-25-12(9-10)16-13-5-6-14(28-13)17(16)19(27)26-11-3-2-4-15(18(11)21)29-20(22,23)24/h2-4,7-9,13-14H,5-6H2,1H3,(H,26,27)/t13-,14+/m0/s1. The Morgan fingerprint density at radius 3 is 2.72 bits per heavy atom. The van der Waals surface area contributed by atoms with Crippen molar-refractivity contribution in [3.63, 3.8) is 0 Å². The van der Waals surface area contributed by atoms with Crippen LogP contribution in [0.3, 0.4) is 0 Å². The summed E-state index contributed by atoms with van der Waals surface area (Å²) in [7, 11) is 0. The van der Waals surface area contributed by atoms with E-state index in [4.69, 9.17) is 4.74 Å². The van der Waals surface area contributed by atoms with Crippen molar-refractivity contribution in [2.24, 2.45) is 0 Å². The van der Waals surface area contributed by atoms with E-state index < -0.39 is 35.6 Å². The molecule has 9 heteroatoms. The second-order valence-electron chi connectivity index (χ2n) is 6.86. The summed E-state index contributed by atoms with van der Waals surface area (Å²) in [5, 5.41) is 2.35. The first-order valence-electron chi connectivity index (χ1n) is 8.91. The van der Waals surface area contributed by atoms with Crippen LogP contribution in [0.15, 0.2) is 42.1 Å². The van der Waals surface area contributed by atoms with E-state index in [9.17, 15) is 22.4 Å². The van der Waals surface area contributed by atoms with Gasteiger partial charge in [-0.3, -0.25) is 9.78 Å². The molecule has 2 aliphatic rings. The molecule has 1 amide bonds. The topological polar surface area (TPSA) is 60.5 Å². The van der Waals surface area contributed by atoms with Gasteiger partial charge in [0.05, 0.1) is 29.2 Å². The normalized spacial score (nSPS) is 20.9. The van der Waals surface area contributed by atoms with Gasteiger partial charge in [-0.15, -0.1) is 13.2 Å². The fraction of sp³-hybridized carbons (Fsp3) is 0.300. The van der Waals surface area contributed by atoms with E-state index in [1.807, 2.05) is 19.1 Å². The molecule has 2 atom stereocenters. The van der Waals surface area contributed by atoms with Crippen LogP contribution in [-0.2, 0) is 9.53 Å². The summed E-state index contributed by atoms with van der Waals surface area (Å²) >= 11 is 0. The van der Waals surface area contributed by atoms with Crippen LogP contribution < -0.4 is 10.1 Å². The Bertz CT molecular complexity index is 1000. The monoisotopic (exact) mass is 408 g/mol. The van der Waals surface area contributed by atoms with Crippen molar-refractivity contribution in [1.82, 2.24) is 4.98 Å². The summed E-state index contributed by atoms with van der Waals surface area (Å²) in [4.78, 5) is 17.2. The molecule has 0 aliphatic carbocycles. The molecule has 2 aromatic rings. The van der Waals surface area contributed by atoms with E-state index in [0.29, 0.717) is 23.3 Å². The average molecular weight is 408 g/mol. The molecular weight excluding hydrogens is 392 g/mol. The zero-order valence-electron chi connectivity index (χ0n) is 15.2. The van der Waals surface area contributed by atoms with Crippen molar-refractivity contribution in [1.29, 1.82) is 0 Å². The number of benzene rings is 1. The lowest BCUT2D eigenvalue weighted by molar-refractivity contribution is -0.275. The highest BCUT2D eigenvalue weighted by Gasteiger charge is 2.44. The minimum atomic E-state index is -5.05. The number of carbonyl (C=O) groups excluding carboxylic acids is 1. The maximum Gasteiger partial charge on any atom is 0.573 e. The maximum atomic E-state index is 14.4. The number of nitrogens with zero attached hydrogens (tertiary/aromatic N) is 1. The second kappa shape index (κ2) is 7.14. The molecule has 152 valence electrons. The number of anilines is 1. The number of hydrogen-bond donors (Lipinski definition) is 1. The van der Waals surface area contributed by atoms with E-state index in [1.165, 1.54) is 0 Å². The summed E-state index contributed by atoms with van der Waals surface area (Å²) < 4.78 is 61.2. The molecule has 1 N–H and O–H groups in total. The Balaban J connectivity index is 1.67. The molecule has 0 spiro atoms. The lowest BCUT2D eigenvalue weighted by atomic mass is 9.88. The minimum Gasteiger partial charge on any atom is -0.403 e. The molecule has 1 fully saturated rings. The molecular formula is C20H16F4N2O3. The van der Waals surface area contributed by atoms with E-state index >= 15 is 0 Å². The molecule has 3 heterocycles. The number of fused-ring (bicyclic) bond motifs is 2. The lowest BCUT2D eigenvalue weighted by Gasteiger charge is -2.17. The number of halogens is 4. The summed E-state index contributed by atoms with van der Waals surface area (Å²) in [6.45, 7) is 1.89. The molecule has 1 saturated heterocycles. The van der Waals surface area contributed by atoms with Crippen LogP contribution in [0.4, 0.5) is 23.2 Å². The molecule has 0 radical (unpaired) electrons. The molecule has 4 rings (SSSR count). The molecule has 2 bridgehead atoms. The van der Waals surface area contributed by atoms with Gasteiger partial charge in [0.25, 0.3) is 5.91 Å². The molecule has 1 aromatic carbocycles. The number of aromatic nitrogens is 1. The summed E-state index contributed by atoms with van der Waals surface area (Å²) in [6, 6.07) is 6.80. The fourth-order valence-electron chi connectivity index (χ4n) is 3.66. The zero-order chi connectivity index (χ0) is 20.8. The molecule has 1 aromatic heterocycles. The average Bonchev–Trinajstić information content (AvgIpc) is 3.25. The summed E-state index contributed by atoms with van der Waals surface area (Å²) in [5.41, 5.74) is 2.08. The fourth-order valence-corrected chi connectivity index (χ4v) is 3.66. The van der Waals surface area contributed by atoms with Gasteiger partial charge in [-0.05, 0) is 49.6 Å². The van der Waals surface area contributed by atoms with Crippen LogP contribution in [0.1, 0.15) is 24.1 Å². The van der Waals surface area contributed by atoms with Crippen LogP contribution in [0.5, 0.6) is 5.75 Å². The summed E-state index contributed by atoms with van der Waals surface area (Å²) in [5.74, 6) is -2.97. The van der Waals surface area contributed by atoms with Crippen molar-refractivity contribution in [3.8, 4) is 5.75 Å². The van der Waals surface area contributed by atoms with Crippen LogP contribution >= 0.6 is 0 Å². The van der Waals surface area contributed by atoms with E-state index in [1.54, 1.807) is 6.20 Å². The number of amides is 1. The predicted molar refractivity (Wildman–Crippen MR) is 95.5 cm³/mol. The third-order valence-electron chi connectivity index (χ3n) is 4.83. The highest BCUT2D eigenvalue weighted by molar-refractivity contribution is 6.11. The van der Waals surface area contributed by atoms with Crippen molar-refractivity contribution < 1.29 is 31.8 Å². The predicted octanol–water partition coefficient (Wildman–Crippen LogP) is 4.38. The van der Waals surface area contributed by atoms with E-state index in [2.05, 4.69) is 15.0 Å². The van der Waals surface area contributed by atoms with Crippen molar-refractivity contribution >= 4 is 17.2 Å². The van der Waals surface area contributed by atoms with Crippen LogP contribution in [0, 0.1) is 12.7 Å². The van der Waals surface area contributed by atoms with Crippen molar-refractivity contribution in [2.45, 2.75) is 38.3 Å². The van der Waals surface area contributed by atoms with Crippen molar-refractivity contribution in [3.05, 3.63) is 59.2 Å². The van der Waals surface area contributed by atoms with Crippen LogP contribution in [0.2, 0.25) is 0 Å². The first-order chi connectivity index (χ1) is 13.7. The number of carbonyl (C=O) groups is 1. The molecule has 5 nitrogen and oxygen atoms in total. The number of alkyl halides is 3. The lowest BCUT2D eigenvalue weighted by Crippen LogP contribution is -2.24. The quantitative estimate of drug-likeness (QED) is 0.763. The first kappa shape index (κ1) is 19.4. The SMILES string of the molecule is Cc1ccnc(C2=C(C(=O)Nc3cccc(OC(F)(F)F)c3F)[C@H]3CC[C@@H]2O3)c1. The highest BCUT2D eigenvalue weighted by Crippen LogP contribution is 2.44. The van der Waals surface area contributed by atoms with E-state index in [0.717, 1.165) is 30.2 Å². The van der Waals surface area contributed by atoms with Crippen molar-refractivity contribution in [2.75, 3.05) is 5.32 Å². The summed E-state index contributed by atoms with van der Waals surface area (Å²) in [6.07, 6.45) is -2.82. The Hall–Kier alpha value is -2.94. The van der Waals surface area contributed by atoms with Gasteiger partial charge in [-0.2, -0.15) is 0 Å². The molecule has 29 heavy (non-hydrogen) atoms. The Morgan fingerprint density at radius 1 is 1.24 bits per heavy atom. The minimum absolute atomic E-state index is 0.292. The third kappa shape index (κ3) is 3.82. The number of rotatable bonds is 4. The van der Waals surface area contributed by atoms with E-state index in [-0.39, 0.29) is 6.10 Å². The molecule has 0 saturated carbocycles. The number of nitrogens with one attached hydrogen (secondary N) is 1. The maximum absolute atomic E-state index is 14.4. The number of hydrogen-bond acceptors (Lipinski definition) is 4. The third-order valence-corrected chi connectivity index (χ3v) is 4.83. The second-order valence-corrected chi connectivity index (χ2v) is 6.86. The van der Waals surface area contributed by atoms with Gasteiger partial charge in [0, 0.05) is 11.8 Å². The highest BCUT2D eigenvalue weighted by atomic mass is 19.4. The Morgan fingerprint density at radius 2 is 2.00 bits per heavy atom. The smallest absolute Gasteiger partial charge is 0.403 e. The molecule has 0 unspecified atom stereocenters. The van der Waals surface area contributed by atoms with Gasteiger partial charge in [0.15, 0.2) is 11.6 Å². The largest absolute Gasteiger partial charge is 0.573 e.